The molecule has 14 rings (SSSR count). The summed E-state index contributed by atoms with van der Waals surface area (Å²) in [4.78, 5) is 5.18. The number of nitrogens with zero attached hydrogens (tertiary/aromatic N) is 1. The number of fused-ring (bicyclic) bond motifs is 14. The second-order valence-corrected chi connectivity index (χ2v) is 20.2. The van der Waals surface area contributed by atoms with E-state index in [1.807, 2.05) is 11.3 Å². The third-order valence-corrected chi connectivity index (χ3v) is 16.5. The van der Waals surface area contributed by atoms with Gasteiger partial charge in [0.05, 0.1) is 5.41 Å². The molecule has 11 aromatic rings. The van der Waals surface area contributed by atoms with Gasteiger partial charge in [-0.1, -0.05) is 208 Å². The molecule has 2 heteroatoms. The molecule has 0 N–H and O–H groups in total. The minimum Gasteiger partial charge on any atom is -0.310 e. The summed E-state index contributed by atoms with van der Waals surface area (Å²) < 4.78 is 0. The van der Waals surface area contributed by atoms with Gasteiger partial charge in [0.1, 0.15) is 0 Å². The third-order valence-electron chi connectivity index (χ3n) is 15.3. The Morgan fingerprint density at radius 1 is 0.324 bits per heavy atom. The van der Waals surface area contributed by atoms with Crippen molar-refractivity contribution >= 4 is 39.2 Å². The highest BCUT2D eigenvalue weighted by Crippen LogP contribution is 2.68. The number of hydrogen-bond acceptors (Lipinski definition) is 2. The Bertz CT molecular complexity index is 3780. The van der Waals surface area contributed by atoms with Crippen LogP contribution in [-0.4, -0.2) is 0 Å². The quantitative estimate of drug-likeness (QED) is 0.161. The molecule has 1 spiro atoms. The molecule has 0 amide bonds. The standard InChI is InChI=1S/C66H45NS/c1-65(2)58-39-47(42-18-6-3-7-19-42)31-35-53(58)54-36-33-49(40-59(54)65)67(48-32-30-43-20-12-13-25-46(43)38-48)50-34-37-55-60(41-50)66(56-28-16-14-26-51(56)52-27-15-17-29-57(52)66)62-61(44-21-8-4-9-22-44)63(68-64(55)62)45-23-10-5-11-24-45/h3-41H,1-2H3. The Hall–Kier alpha value is -8.04. The highest BCUT2D eigenvalue weighted by Gasteiger charge is 2.54. The van der Waals surface area contributed by atoms with Crippen LogP contribution in [0.2, 0.25) is 0 Å². The lowest BCUT2D eigenvalue weighted by atomic mass is 9.69. The summed E-state index contributed by atoms with van der Waals surface area (Å²) in [6.45, 7) is 4.80. The monoisotopic (exact) mass is 883 g/mol. The topological polar surface area (TPSA) is 3.24 Å². The van der Waals surface area contributed by atoms with Crippen molar-refractivity contribution in [2.75, 3.05) is 4.90 Å². The molecular formula is C66H45NS. The fourth-order valence-corrected chi connectivity index (χ4v) is 13.6. The van der Waals surface area contributed by atoms with Gasteiger partial charge in [0, 0.05) is 37.8 Å². The Balaban J connectivity index is 1.02. The first-order chi connectivity index (χ1) is 33.5. The van der Waals surface area contributed by atoms with E-state index in [1.54, 1.807) is 0 Å². The van der Waals surface area contributed by atoms with E-state index in [1.165, 1.54) is 110 Å². The van der Waals surface area contributed by atoms with E-state index in [0.717, 1.165) is 17.1 Å². The minimum atomic E-state index is -0.560. The number of rotatable bonds is 6. The van der Waals surface area contributed by atoms with E-state index in [4.69, 9.17) is 0 Å². The van der Waals surface area contributed by atoms with Crippen molar-refractivity contribution in [3.05, 3.63) is 270 Å². The first-order valence-electron chi connectivity index (χ1n) is 23.7. The molecule has 68 heavy (non-hydrogen) atoms. The van der Waals surface area contributed by atoms with Crippen molar-refractivity contribution in [1.29, 1.82) is 0 Å². The Morgan fingerprint density at radius 3 is 1.49 bits per heavy atom. The van der Waals surface area contributed by atoms with Crippen molar-refractivity contribution in [3.63, 3.8) is 0 Å². The molecule has 3 aliphatic rings. The molecule has 10 aromatic carbocycles. The molecule has 1 nitrogen and oxygen atoms in total. The zero-order chi connectivity index (χ0) is 45.1. The molecule has 0 radical (unpaired) electrons. The molecule has 3 aliphatic carbocycles. The highest BCUT2D eigenvalue weighted by atomic mass is 32.1. The van der Waals surface area contributed by atoms with Crippen molar-refractivity contribution in [3.8, 4) is 65.4 Å². The van der Waals surface area contributed by atoms with E-state index in [-0.39, 0.29) is 5.41 Å². The maximum absolute atomic E-state index is 2.55. The molecule has 1 aromatic heterocycles. The van der Waals surface area contributed by atoms with Crippen LogP contribution in [0.1, 0.15) is 47.2 Å². The minimum absolute atomic E-state index is 0.210. The van der Waals surface area contributed by atoms with Gasteiger partial charge in [-0.05, 0) is 137 Å². The van der Waals surface area contributed by atoms with Gasteiger partial charge in [-0.15, -0.1) is 11.3 Å². The van der Waals surface area contributed by atoms with Crippen LogP contribution in [0.4, 0.5) is 17.1 Å². The second-order valence-electron chi connectivity index (χ2n) is 19.2. The van der Waals surface area contributed by atoms with Crippen LogP contribution in [0.5, 0.6) is 0 Å². The zero-order valence-corrected chi connectivity index (χ0v) is 38.7. The van der Waals surface area contributed by atoms with E-state index in [9.17, 15) is 0 Å². The molecule has 0 saturated heterocycles. The van der Waals surface area contributed by atoms with Gasteiger partial charge < -0.3 is 4.90 Å². The molecular weight excluding hydrogens is 839 g/mol. The lowest BCUT2D eigenvalue weighted by Crippen LogP contribution is -2.26. The van der Waals surface area contributed by atoms with Crippen LogP contribution in [0.15, 0.2) is 237 Å². The van der Waals surface area contributed by atoms with Gasteiger partial charge in [-0.3, -0.25) is 0 Å². The molecule has 1 heterocycles. The average molecular weight is 884 g/mol. The summed E-state index contributed by atoms with van der Waals surface area (Å²) >= 11 is 1.95. The summed E-state index contributed by atoms with van der Waals surface area (Å²) in [7, 11) is 0. The van der Waals surface area contributed by atoms with Crippen molar-refractivity contribution in [1.82, 2.24) is 0 Å². The van der Waals surface area contributed by atoms with Gasteiger partial charge in [-0.2, -0.15) is 0 Å². The summed E-state index contributed by atoms with van der Waals surface area (Å²) in [6.07, 6.45) is 0. The summed E-state index contributed by atoms with van der Waals surface area (Å²) in [5.41, 5.74) is 23.6. The first-order valence-corrected chi connectivity index (χ1v) is 24.6. The molecule has 0 atom stereocenters. The SMILES string of the molecule is CC1(C)c2cc(-c3ccccc3)ccc2-c2ccc(N(c3ccc4c(c3)C3(c5ccccc5-c5ccccc53)c3c-4sc(-c4ccccc4)c3-c3ccccc3)c3ccc4ccccc4c3)cc21. The van der Waals surface area contributed by atoms with Gasteiger partial charge in [0.25, 0.3) is 0 Å². The third kappa shape index (κ3) is 5.50. The van der Waals surface area contributed by atoms with Crippen LogP contribution in [0.3, 0.4) is 0 Å². The van der Waals surface area contributed by atoms with Crippen molar-refractivity contribution in [2.24, 2.45) is 0 Å². The number of thiophene rings is 1. The highest BCUT2D eigenvalue weighted by molar-refractivity contribution is 7.20. The molecule has 0 fully saturated rings. The number of anilines is 3. The van der Waals surface area contributed by atoms with Crippen LogP contribution in [0, 0.1) is 0 Å². The Kier molecular flexibility index (Phi) is 8.48. The van der Waals surface area contributed by atoms with Gasteiger partial charge in [-0.25, -0.2) is 0 Å². The number of benzene rings is 10. The van der Waals surface area contributed by atoms with Gasteiger partial charge in [0.2, 0.25) is 0 Å². The number of hydrogen-bond donors (Lipinski definition) is 0. The molecule has 0 saturated carbocycles. The van der Waals surface area contributed by atoms with E-state index >= 15 is 0 Å². The normalized spacial score (nSPS) is 14.0. The molecule has 0 unspecified atom stereocenters. The van der Waals surface area contributed by atoms with E-state index < -0.39 is 5.41 Å². The van der Waals surface area contributed by atoms with Crippen molar-refractivity contribution < 1.29 is 0 Å². The Morgan fingerprint density at radius 2 is 0.809 bits per heavy atom. The lowest BCUT2D eigenvalue weighted by Gasteiger charge is -2.33. The van der Waals surface area contributed by atoms with E-state index in [0.29, 0.717) is 0 Å². The Labute approximate surface area is 401 Å². The lowest BCUT2D eigenvalue weighted by molar-refractivity contribution is 0.660. The first kappa shape index (κ1) is 39.2. The fourth-order valence-electron chi connectivity index (χ4n) is 12.2. The van der Waals surface area contributed by atoms with Gasteiger partial charge >= 0.3 is 0 Å². The smallest absolute Gasteiger partial charge is 0.0741 e. The largest absolute Gasteiger partial charge is 0.310 e. The summed E-state index contributed by atoms with van der Waals surface area (Å²) in [5.74, 6) is 0. The average Bonchev–Trinajstić information content (AvgIpc) is 4.09. The zero-order valence-electron chi connectivity index (χ0n) is 37.9. The van der Waals surface area contributed by atoms with E-state index in [2.05, 4.69) is 255 Å². The maximum atomic E-state index is 2.55. The fraction of sp³-hybridized carbons (Fsp3) is 0.0606. The van der Waals surface area contributed by atoms with Crippen LogP contribution in [-0.2, 0) is 10.8 Å². The molecule has 0 bridgehead atoms. The predicted molar refractivity (Wildman–Crippen MR) is 287 cm³/mol. The predicted octanol–water partition coefficient (Wildman–Crippen LogP) is 18.0. The summed E-state index contributed by atoms with van der Waals surface area (Å²) in [6, 6.07) is 88.6. The van der Waals surface area contributed by atoms with Gasteiger partial charge in [0.15, 0.2) is 0 Å². The maximum Gasteiger partial charge on any atom is 0.0741 e. The van der Waals surface area contributed by atoms with Crippen LogP contribution < -0.4 is 4.90 Å². The molecule has 320 valence electrons. The van der Waals surface area contributed by atoms with Crippen molar-refractivity contribution in [2.45, 2.75) is 24.7 Å². The van der Waals surface area contributed by atoms with Crippen LogP contribution >= 0.6 is 11.3 Å². The van der Waals surface area contributed by atoms with Crippen LogP contribution in [0.25, 0.3) is 76.2 Å². The summed E-state index contributed by atoms with van der Waals surface area (Å²) in [5, 5.41) is 2.45. The second kappa shape index (κ2) is 14.7. The molecule has 0 aliphatic heterocycles.